The number of likely N-dealkylation sites (N-methyl/N-ethyl adjacent to an activating group) is 1. The molecule has 1 atom stereocenters. The van der Waals surface area contributed by atoms with Crippen LogP contribution in [0.2, 0.25) is 0 Å². The second-order valence-corrected chi connectivity index (χ2v) is 5.94. The van der Waals surface area contributed by atoms with Gasteiger partial charge in [-0.05, 0) is 56.9 Å². The third-order valence-electron chi connectivity index (χ3n) is 3.59. The molecule has 0 bridgehead atoms. The number of allylic oxidation sites excluding steroid dienone is 1. The largest absolute Gasteiger partial charge is 0.496 e. The molecule has 3 rings (SSSR count). The van der Waals surface area contributed by atoms with Gasteiger partial charge >= 0.3 is 0 Å². The number of fused-ring (bicyclic) bond motifs is 1. The van der Waals surface area contributed by atoms with Crippen molar-refractivity contribution in [3.8, 4) is 0 Å². The predicted octanol–water partition coefficient (Wildman–Crippen LogP) is 3.19. The first-order valence-corrected chi connectivity index (χ1v) is 7.31. The van der Waals surface area contributed by atoms with E-state index in [1.165, 1.54) is 24.1 Å². The Labute approximate surface area is 107 Å². The van der Waals surface area contributed by atoms with Crippen molar-refractivity contribution in [2.75, 3.05) is 13.7 Å². The monoisotopic (exact) mass is 249 g/mol. The van der Waals surface area contributed by atoms with Crippen LogP contribution in [0.25, 0.3) is 0 Å². The van der Waals surface area contributed by atoms with Crippen molar-refractivity contribution in [2.24, 2.45) is 0 Å². The van der Waals surface area contributed by atoms with Gasteiger partial charge in [0, 0.05) is 9.75 Å². The maximum Gasteiger partial charge on any atom is 0.114 e. The molecule has 1 unspecified atom stereocenters. The first kappa shape index (κ1) is 11.3. The Morgan fingerprint density at radius 1 is 1.35 bits per heavy atom. The van der Waals surface area contributed by atoms with Crippen molar-refractivity contribution in [3.05, 3.63) is 33.2 Å². The van der Waals surface area contributed by atoms with E-state index in [2.05, 4.69) is 17.5 Å². The molecule has 0 spiro atoms. The van der Waals surface area contributed by atoms with Crippen molar-refractivity contribution in [1.82, 2.24) is 5.32 Å². The van der Waals surface area contributed by atoms with Crippen LogP contribution in [-0.2, 0) is 17.6 Å². The van der Waals surface area contributed by atoms with Crippen molar-refractivity contribution in [2.45, 2.75) is 38.1 Å². The molecule has 2 heterocycles. The minimum atomic E-state index is 0.269. The topological polar surface area (TPSA) is 21.3 Å². The van der Waals surface area contributed by atoms with Crippen molar-refractivity contribution in [3.63, 3.8) is 0 Å². The molecule has 0 amide bonds. The zero-order chi connectivity index (χ0) is 11.7. The van der Waals surface area contributed by atoms with Gasteiger partial charge in [-0.15, -0.1) is 11.3 Å². The van der Waals surface area contributed by atoms with Gasteiger partial charge in [0.05, 0.1) is 12.6 Å². The predicted molar refractivity (Wildman–Crippen MR) is 71.4 cm³/mol. The summed E-state index contributed by atoms with van der Waals surface area (Å²) >= 11 is 1.96. The number of hydrogen-bond donors (Lipinski definition) is 1. The maximum atomic E-state index is 5.79. The fourth-order valence-electron chi connectivity index (χ4n) is 2.70. The van der Waals surface area contributed by atoms with Crippen LogP contribution in [-0.4, -0.2) is 13.7 Å². The molecule has 0 aromatic carbocycles. The van der Waals surface area contributed by atoms with Crippen LogP contribution >= 0.6 is 11.3 Å². The summed E-state index contributed by atoms with van der Waals surface area (Å²) in [6, 6.07) is 2.65. The van der Waals surface area contributed by atoms with Gasteiger partial charge in [0.15, 0.2) is 0 Å². The number of thiophene rings is 1. The minimum Gasteiger partial charge on any atom is -0.496 e. The summed E-state index contributed by atoms with van der Waals surface area (Å²) in [6.07, 6.45) is 8.43. The zero-order valence-electron chi connectivity index (χ0n) is 10.3. The number of rotatable bonds is 3. The van der Waals surface area contributed by atoms with Crippen LogP contribution in [0.5, 0.6) is 0 Å². The van der Waals surface area contributed by atoms with Gasteiger partial charge in [0.1, 0.15) is 5.76 Å². The van der Waals surface area contributed by atoms with E-state index in [0.717, 1.165) is 25.2 Å². The van der Waals surface area contributed by atoms with E-state index in [1.54, 1.807) is 10.4 Å². The minimum absolute atomic E-state index is 0.269. The van der Waals surface area contributed by atoms with E-state index >= 15 is 0 Å². The Morgan fingerprint density at radius 3 is 3.00 bits per heavy atom. The van der Waals surface area contributed by atoms with Gasteiger partial charge in [-0.1, -0.05) is 0 Å². The molecule has 0 fully saturated rings. The smallest absolute Gasteiger partial charge is 0.114 e. The molecule has 1 aromatic rings. The molecule has 2 aliphatic rings. The van der Waals surface area contributed by atoms with Gasteiger partial charge < -0.3 is 10.1 Å². The molecule has 0 saturated heterocycles. The second-order valence-electron chi connectivity index (χ2n) is 4.77. The quantitative estimate of drug-likeness (QED) is 0.888. The SMILES string of the molecule is CNC(C1=CCCCO1)c1cc2c(s1)CCC2. The van der Waals surface area contributed by atoms with Crippen molar-refractivity contribution >= 4 is 11.3 Å². The van der Waals surface area contributed by atoms with E-state index in [-0.39, 0.29) is 6.04 Å². The van der Waals surface area contributed by atoms with E-state index in [1.807, 2.05) is 18.4 Å². The summed E-state index contributed by atoms with van der Waals surface area (Å²) in [5.41, 5.74) is 1.57. The molecule has 1 aliphatic heterocycles. The van der Waals surface area contributed by atoms with Gasteiger partial charge in [-0.25, -0.2) is 0 Å². The van der Waals surface area contributed by atoms with Crippen molar-refractivity contribution < 1.29 is 4.74 Å². The second kappa shape index (κ2) is 4.83. The number of nitrogens with one attached hydrogen (secondary N) is 1. The summed E-state index contributed by atoms with van der Waals surface area (Å²) in [5, 5.41) is 3.39. The third kappa shape index (κ3) is 2.14. The molecular formula is C14H19NOS. The number of aryl methyl sites for hydroxylation is 2. The van der Waals surface area contributed by atoms with Gasteiger partial charge in [-0.2, -0.15) is 0 Å². The summed E-state index contributed by atoms with van der Waals surface area (Å²) in [5.74, 6) is 1.12. The molecule has 92 valence electrons. The normalized spacial score (nSPS) is 20.6. The van der Waals surface area contributed by atoms with Gasteiger partial charge in [0.2, 0.25) is 0 Å². The average Bonchev–Trinajstić information content (AvgIpc) is 2.92. The van der Waals surface area contributed by atoms with E-state index in [0.29, 0.717) is 0 Å². The molecule has 0 saturated carbocycles. The summed E-state index contributed by atoms with van der Waals surface area (Å²) < 4.78 is 5.79. The first-order valence-electron chi connectivity index (χ1n) is 6.50. The van der Waals surface area contributed by atoms with Gasteiger partial charge in [0.25, 0.3) is 0 Å². The van der Waals surface area contributed by atoms with E-state index < -0.39 is 0 Å². The Kier molecular flexibility index (Phi) is 3.21. The fraction of sp³-hybridized carbons (Fsp3) is 0.571. The highest BCUT2D eigenvalue weighted by atomic mass is 32.1. The lowest BCUT2D eigenvalue weighted by molar-refractivity contribution is 0.170. The molecule has 1 aliphatic carbocycles. The molecule has 3 heteroatoms. The Balaban J connectivity index is 1.86. The van der Waals surface area contributed by atoms with Crippen LogP contribution in [0.1, 0.15) is 40.6 Å². The lowest BCUT2D eigenvalue weighted by atomic mass is 10.1. The summed E-state index contributed by atoms with van der Waals surface area (Å²) in [7, 11) is 2.02. The van der Waals surface area contributed by atoms with E-state index in [4.69, 9.17) is 4.74 Å². The molecule has 1 N–H and O–H groups in total. The molecule has 1 aromatic heterocycles. The highest BCUT2D eigenvalue weighted by Gasteiger charge is 2.23. The maximum absolute atomic E-state index is 5.79. The number of ether oxygens (including phenoxy) is 1. The lowest BCUT2D eigenvalue weighted by Gasteiger charge is -2.22. The van der Waals surface area contributed by atoms with Crippen molar-refractivity contribution in [1.29, 1.82) is 0 Å². The zero-order valence-corrected chi connectivity index (χ0v) is 11.1. The summed E-state index contributed by atoms with van der Waals surface area (Å²) in [6.45, 7) is 0.870. The third-order valence-corrected chi connectivity index (χ3v) is 4.89. The van der Waals surface area contributed by atoms with Gasteiger partial charge in [-0.3, -0.25) is 0 Å². The Bertz CT molecular complexity index is 414. The Hall–Kier alpha value is -0.800. The highest BCUT2D eigenvalue weighted by molar-refractivity contribution is 7.12. The van der Waals surface area contributed by atoms with Crippen LogP contribution < -0.4 is 5.32 Å². The first-order chi connectivity index (χ1) is 8.38. The lowest BCUT2D eigenvalue weighted by Crippen LogP contribution is -2.21. The van der Waals surface area contributed by atoms with E-state index in [9.17, 15) is 0 Å². The van der Waals surface area contributed by atoms with Crippen LogP contribution in [0.15, 0.2) is 17.9 Å². The Morgan fingerprint density at radius 2 is 2.29 bits per heavy atom. The fourth-order valence-corrected chi connectivity index (χ4v) is 4.07. The average molecular weight is 249 g/mol. The van der Waals surface area contributed by atoms with Crippen LogP contribution in [0, 0.1) is 0 Å². The molecular weight excluding hydrogens is 230 g/mol. The molecule has 0 radical (unpaired) electrons. The molecule has 2 nitrogen and oxygen atoms in total. The number of hydrogen-bond acceptors (Lipinski definition) is 3. The van der Waals surface area contributed by atoms with Crippen LogP contribution in [0.4, 0.5) is 0 Å². The molecule has 17 heavy (non-hydrogen) atoms. The highest BCUT2D eigenvalue weighted by Crippen LogP contribution is 2.36. The standard InChI is InChI=1S/C14H19NOS/c1-15-14(11-6-2-3-8-16-11)13-9-10-5-4-7-12(10)17-13/h6,9,14-15H,2-5,7-8H2,1H3. The summed E-state index contributed by atoms with van der Waals surface area (Å²) in [4.78, 5) is 3.02. The van der Waals surface area contributed by atoms with Crippen LogP contribution in [0.3, 0.4) is 0 Å².